The maximum absolute atomic E-state index is 7.15. The molecule has 0 heterocycles. The van der Waals surface area contributed by atoms with Gasteiger partial charge in [0.2, 0.25) is 0 Å². The van der Waals surface area contributed by atoms with Crippen LogP contribution < -0.4 is 0 Å². The normalized spacial score (nSPS) is 34.7. The number of fused-ring (bicyclic) bond motifs is 4. The summed E-state index contributed by atoms with van der Waals surface area (Å²) in [6.45, 7) is 9.24. The van der Waals surface area contributed by atoms with Crippen LogP contribution in [0.2, 0.25) is 0 Å². The molecule has 4 unspecified atom stereocenters. The van der Waals surface area contributed by atoms with Crippen molar-refractivity contribution in [1.82, 2.24) is 0 Å². The van der Waals surface area contributed by atoms with Crippen molar-refractivity contribution in [3.63, 3.8) is 0 Å². The summed E-state index contributed by atoms with van der Waals surface area (Å²) in [5, 5.41) is 5.42. The molecule has 29 heavy (non-hydrogen) atoms. The molecule has 0 aromatic heterocycles. The minimum atomic E-state index is -0.448. The molecule has 0 radical (unpaired) electrons. The van der Waals surface area contributed by atoms with Gasteiger partial charge in [-0.1, -0.05) is 73.7 Å². The van der Waals surface area contributed by atoms with Crippen molar-refractivity contribution < 1.29 is 0 Å². The third kappa shape index (κ3) is 1.96. The number of allylic oxidation sites excluding steroid dienone is 6. The van der Waals surface area contributed by atoms with Gasteiger partial charge in [-0.15, -0.1) is 11.6 Å². The Bertz CT molecular complexity index is 1320. The molecule has 0 fully saturated rings. The fraction of sp³-hybridized carbons (Fsp3) is 0.286. The molecule has 0 spiro atoms. The lowest BCUT2D eigenvalue weighted by molar-refractivity contribution is 0.489. The van der Waals surface area contributed by atoms with E-state index in [9.17, 15) is 0 Å². The standard InChI is InChI=1S/C28H25Cl/c1-17-12-13-26(2)21-11-7-9-19-16-18-8-5-6-10-20(18)24(22(19)21)27(3)14-15-28(4,29)23(17)25(26)27/h5-17H,1-4H3. The Balaban J connectivity index is 1.91. The van der Waals surface area contributed by atoms with Crippen molar-refractivity contribution >= 4 is 33.1 Å². The van der Waals surface area contributed by atoms with Gasteiger partial charge in [0.15, 0.2) is 0 Å². The van der Waals surface area contributed by atoms with Crippen molar-refractivity contribution in [3.8, 4) is 0 Å². The summed E-state index contributed by atoms with van der Waals surface area (Å²) >= 11 is 7.15. The van der Waals surface area contributed by atoms with Crippen molar-refractivity contribution in [1.29, 1.82) is 0 Å². The smallest absolute Gasteiger partial charge is 0.0816 e. The van der Waals surface area contributed by atoms with E-state index in [2.05, 4.69) is 101 Å². The molecule has 3 aromatic carbocycles. The molecule has 0 bridgehead atoms. The number of hydrogen-bond donors (Lipinski definition) is 0. The van der Waals surface area contributed by atoms with E-state index in [-0.39, 0.29) is 10.8 Å². The Hall–Kier alpha value is -2.31. The van der Waals surface area contributed by atoms with Gasteiger partial charge in [0, 0.05) is 10.8 Å². The van der Waals surface area contributed by atoms with E-state index in [1.54, 1.807) is 0 Å². The molecule has 1 heteroatoms. The van der Waals surface area contributed by atoms with Gasteiger partial charge in [0.1, 0.15) is 0 Å². The van der Waals surface area contributed by atoms with Gasteiger partial charge in [-0.05, 0) is 76.6 Å². The van der Waals surface area contributed by atoms with Crippen LogP contribution in [0, 0.1) is 5.92 Å². The third-order valence-electron chi connectivity index (χ3n) is 7.70. The van der Waals surface area contributed by atoms with Gasteiger partial charge in [0.25, 0.3) is 0 Å². The lowest BCUT2D eigenvalue weighted by atomic mass is 9.50. The zero-order chi connectivity index (χ0) is 20.2. The molecule has 0 saturated carbocycles. The van der Waals surface area contributed by atoms with Crippen LogP contribution in [0.15, 0.2) is 84.0 Å². The minimum absolute atomic E-state index is 0.146. The molecule has 0 saturated heterocycles. The molecule has 4 atom stereocenters. The Morgan fingerprint density at radius 3 is 2.41 bits per heavy atom. The van der Waals surface area contributed by atoms with Gasteiger partial charge in [-0.25, -0.2) is 0 Å². The lowest BCUT2D eigenvalue weighted by Crippen LogP contribution is -2.47. The number of benzene rings is 3. The van der Waals surface area contributed by atoms with Crippen LogP contribution in [0.5, 0.6) is 0 Å². The Labute approximate surface area is 177 Å². The fourth-order valence-corrected chi connectivity index (χ4v) is 6.89. The second kappa shape index (κ2) is 5.24. The first-order valence-electron chi connectivity index (χ1n) is 10.6. The van der Waals surface area contributed by atoms with Gasteiger partial charge >= 0.3 is 0 Å². The molecule has 0 N–H and O–H groups in total. The summed E-state index contributed by atoms with van der Waals surface area (Å²) in [6, 6.07) is 18.0. The summed E-state index contributed by atoms with van der Waals surface area (Å²) in [4.78, 5) is -0.448. The minimum Gasteiger partial charge on any atom is -0.110 e. The van der Waals surface area contributed by atoms with Gasteiger partial charge in [-0.3, -0.25) is 0 Å². The predicted octanol–water partition coefficient (Wildman–Crippen LogP) is 7.59. The van der Waals surface area contributed by atoms with E-state index in [0.717, 1.165) is 0 Å². The van der Waals surface area contributed by atoms with Crippen molar-refractivity contribution in [2.45, 2.75) is 43.4 Å². The quantitative estimate of drug-likeness (QED) is 0.208. The van der Waals surface area contributed by atoms with Gasteiger partial charge < -0.3 is 0 Å². The first kappa shape index (κ1) is 17.5. The van der Waals surface area contributed by atoms with E-state index in [0.29, 0.717) is 5.92 Å². The molecule has 3 aromatic rings. The monoisotopic (exact) mass is 396 g/mol. The topological polar surface area (TPSA) is 0 Å². The molecule has 0 amide bonds. The average molecular weight is 397 g/mol. The number of rotatable bonds is 0. The van der Waals surface area contributed by atoms with E-state index >= 15 is 0 Å². The van der Waals surface area contributed by atoms with Gasteiger partial charge in [0.05, 0.1) is 4.87 Å². The molecule has 144 valence electrons. The zero-order valence-electron chi connectivity index (χ0n) is 17.4. The second-order valence-corrected chi connectivity index (χ2v) is 10.4. The maximum Gasteiger partial charge on any atom is 0.0816 e. The zero-order valence-corrected chi connectivity index (χ0v) is 18.1. The summed E-state index contributed by atoms with van der Waals surface area (Å²) in [5.41, 5.74) is 5.39. The van der Waals surface area contributed by atoms with E-state index in [1.807, 2.05) is 0 Å². The Kier molecular flexibility index (Phi) is 3.17. The van der Waals surface area contributed by atoms with Crippen LogP contribution in [0.1, 0.15) is 38.8 Å². The highest BCUT2D eigenvalue weighted by atomic mass is 35.5. The number of alkyl halides is 1. The number of halogens is 1. The largest absolute Gasteiger partial charge is 0.110 e. The van der Waals surface area contributed by atoms with E-state index in [4.69, 9.17) is 11.6 Å². The first-order chi connectivity index (χ1) is 13.8. The molecular weight excluding hydrogens is 372 g/mol. The van der Waals surface area contributed by atoms with Crippen LogP contribution in [-0.4, -0.2) is 4.87 Å². The van der Waals surface area contributed by atoms with Crippen LogP contribution in [0.25, 0.3) is 21.5 Å². The van der Waals surface area contributed by atoms with E-state index in [1.165, 1.54) is 43.8 Å². The molecule has 6 rings (SSSR count). The Morgan fingerprint density at radius 2 is 1.59 bits per heavy atom. The van der Waals surface area contributed by atoms with Crippen LogP contribution in [0.4, 0.5) is 0 Å². The predicted molar refractivity (Wildman–Crippen MR) is 125 cm³/mol. The SMILES string of the molecule is CC1C=CC2(C)C3=C1C(C)(Cl)C=CC3(C)c1c3ccccc3cc3cccc2c13. The lowest BCUT2D eigenvalue weighted by Gasteiger charge is -2.54. The highest BCUT2D eigenvalue weighted by molar-refractivity contribution is 6.27. The Morgan fingerprint density at radius 1 is 0.828 bits per heavy atom. The summed E-state index contributed by atoms with van der Waals surface area (Å²) in [7, 11) is 0. The van der Waals surface area contributed by atoms with Crippen molar-refractivity contribution in [2.75, 3.05) is 0 Å². The molecule has 3 aliphatic carbocycles. The van der Waals surface area contributed by atoms with Crippen molar-refractivity contribution in [3.05, 3.63) is 95.1 Å². The molecule has 3 aliphatic rings. The summed E-state index contributed by atoms with van der Waals surface area (Å²) in [6.07, 6.45) is 9.43. The highest BCUT2D eigenvalue weighted by Gasteiger charge is 2.54. The van der Waals surface area contributed by atoms with Crippen LogP contribution >= 0.6 is 11.6 Å². The van der Waals surface area contributed by atoms with Crippen LogP contribution in [0.3, 0.4) is 0 Å². The summed E-state index contributed by atoms with van der Waals surface area (Å²) in [5.74, 6) is 0.334. The van der Waals surface area contributed by atoms with E-state index < -0.39 is 4.87 Å². The molecule has 0 aliphatic heterocycles. The second-order valence-electron chi connectivity index (χ2n) is 9.63. The van der Waals surface area contributed by atoms with Crippen molar-refractivity contribution in [2.24, 2.45) is 5.92 Å². The third-order valence-corrected chi connectivity index (χ3v) is 8.03. The average Bonchev–Trinajstić information content (AvgIpc) is 2.70. The summed E-state index contributed by atoms with van der Waals surface area (Å²) < 4.78 is 0. The van der Waals surface area contributed by atoms with Gasteiger partial charge in [-0.2, -0.15) is 0 Å². The highest BCUT2D eigenvalue weighted by Crippen LogP contribution is 2.62. The van der Waals surface area contributed by atoms with Crippen LogP contribution in [-0.2, 0) is 10.8 Å². The fourth-order valence-electron chi connectivity index (χ4n) is 6.56. The first-order valence-corrected chi connectivity index (χ1v) is 10.9. The molecule has 0 nitrogen and oxygen atoms in total. The maximum atomic E-state index is 7.15. The number of hydrogen-bond acceptors (Lipinski definition) is 0. The molecular formula is C28H25Cl.